The molecule has 0 bridgehead atoms. The molecule has 0 radical (unpaired) electrons. The van der Waals surface area contributed by atoms with Crippen LogP contribution in [0.4, 0.5) is 4.79 Å². The van der Waals surface area contributed by atoms with Gasteiger partial charge in [-0.3, -0.25) is 33.9 Å². The summed E-state index contributed by atoms with van der Waals surface area (Å²) in [6.45, 7) is 8.86. The third kappa shape index (κ3) is 8.27. The molecular weight excluding hydrogens is 795 g/mol. The molecule has 8 rings (SSSR count). The van der Waals surface area contributed by atoms with Crippen LogP contribution in [-0.4, -0.2) is 131 Å². The number of piperidine rings is 2. The molecule has 4 aliphatic heterocycles. The Bertz CT molecular complexity index is 2270. The molecule has 16 nitrogen and oxygen atoms in total. The number of carbonyl (C=O) groups is 4. The van der Waals surface area contributed by atoms with Crippen LogP contribution < -0.4 is 30.4 Å². The first-order chi connectivity index (χ1) is 29.8. The molecule has 3 fully saturated rings. The first kappa shape index (κ1) is 43.2. The summed E-state index contributed by atoms with van der Waals surface area (Å²) < 4.78 is 19.9. The van der Waals surface area contributed by atoms with Gasteiger partial charge in [0.15, 0.2) is 0 Å². The van der Waals surface area contributed by atoms with Gasteiger partial charge in [-0.1, -0.05) is 0 Å². The molecule has 3 N–H and O–H groups in total. The van der Waals surface area contributed by atoms with Gasteiger partial charge < -0.3 is 39.4 Å². The highest BCUT2D eigenvalue weighted by Crippen LogP contribution is 2.40. The zero-order valence-corrected chi connectivity index (χ0v) is 36.6. The van der Waals surface area contributed by atoms with Gasteiger partial charge in [-0.05, 0) is 100.0 Å². The number of rotatable bonds is 12. The fraction of sp³-hybridized carbons (Fsp3) is 0.543. The molecule has 2 saturated heterocycles. The number of amides is 5. The maximum Gasteiger partial charge on any atom is 0.317 e. The van der Waals surface area contributed by atoms with Gasteiger partial charge in [0.2, 0.25) is 5.91 Å². The third-order valence-electron chi connectivity index (χ3n) is 13.6. The minimum Gasteiger partial charge on any atom is -0.496 e. The normalized spacial score (nSPS) is 23.0. The number of methoxy groups -OCH3 is 2. The maximum atomic E-state index is 13.4. The Morgan fingerprint density at radius 1 is 0.919 bits per heavy atom. The number of imide groups is 1. The van der Waals surface area contributed by atoms with E-state index in [0.717, 1.165) is 84.0 Å². The van der Waals surface area contributed by atoms with Crippen molar-refractivity contribution in [3.8, 4) is 28.4 Å². The number of hydrogen-bond acceptors (Lipinski definition) is 11. The van der Waals surface area contributed by atoms with Crippen molar-refractivity contribution in [2.24, 2.45) is 13.0 Å². The summed E-state index contributed by atoms with van der Waals surface area (Å²) in [5, 5.41) is 15.5. The van der Waals surface area contributed by atoms with E-state index in [1.165, 1.54) is 0 Å². The Morgan fingerprint density at radius 3 is 2.26 bits per heavy atom. The third-order valence-corrected chi connectivity index (χ3v) is 13.6. The Balaban J connectivity index is 0.864. The Labute approximate surface area is 362 Å². The summed E-state index contributed by atoms with van der Waals surface area (Å²) in [6, 6.07) is 8.81. The average molecular weight is 854 g/mol. The number of nitrogens with one attached hydrogen (secondary N) is 2. The first-order valence-electron chi connectivity index (χ1n) is 21.9. The molecule has 5 aliphatic rings. The van der Waals surface area contributed by atoms with Crippen LogP contribution >= 0.6 is 0 Å². The predicted octanol–water partition coefficient (Wildman–Crippen LogP) is 3.49. The zero-order chi connectivity index (χ0) is 44.0. The highest BCUT2D eigenvalue weighted by Gasteiger charge is 2.45. The number of likely N-dealkylation sites (tertiary alicyclic amines) is 1. The number of pyridine rings is 1. The number of aliphatic hydroxyl groups excluding tert-OH is 1. The molecule has 2 unspecified atom stereocenters. The van der Waals surface area contributed by atoms with Gasteiger partial charge in [-0.15, -0.1) is 0 Å². The van der Waals surface area contributed by atoms with Crippen molar-refractivity contribution in [2.75, 3.05) is 47.4 Å². The quantitative estimate of drug-likeness (QED) is 0.228. The van der Waals surface area contributed by atoms with Gasteiger partial charge in [-0.2, -0.15) is 0 Å². The second-order valence-corrected chi connectivity index (χ2v) is 17.7. The van der Waals surface area contributed by atoms with E-state index in [1.807, 2.05) is 18.3 Å². The lowest BCUT2D eigenvalue weighted by Crippen LogP contribution is -2.57. The van der Waals surface area contributed by atoms with Gasteiger partial charge >= 0.3 is 6.03 Å². The number of benzene rings is 2. The molecular formula is C46H59N7O9. The lowest BCUT2D eigenvalue weighted by atomic mass is 9.85. The van der Waals surface area contributed by atoms with Crippen molar-refractivity contribution in [3.63, 3.8) is 0 Å². The Kier molecular flexibility index (Phi) is 12.4. The van der Waals surface area contributed by atoms with Crippen LogP contribution in [0.15, 0.2) is 41.3 Å². The summed E-state index contributed by atoms with van der Waals surface area (Å²) in [5.41, 5.74) is 4.84. The van der Waals surface area contributed by atoms with E-state index in [-0.39, 0.29) is 54.1 Å². The second kappa shape index (κ2) is 17.7. The van der Waals surface area contributed by atoms with Crippen LogP contribution in [0.5, 0.6) is 17.2 Å². The van der Waals surface area contributed by atoms with Gasteiger partial charge in [0, 0.05) is 82.4 Å². The van der Waals surface area contributed by atoms with Crippen LogP contribution in [0.2, 0.25) is 0 Å². The van der Waals surface area contributed by atoms with E-state index in [4.69, 9.17) is 14.2 Å². The number of ether oxygens (including phenoxy) is 3. The van der Waals surface area contributed by atoms with Crippen LogP contribution in [0, 0.1) is 5.92 Å². The molecule has 1 aromatic heterocycles. The standard InChI is InChI=1S/C46H59N7O9/c1-26(2)52(29-19-31(20-29)62-30-7-8-33-34(21-30)45(58)53(44(33)57)38-9-10-41(54)48-42(38)55)22-27-11-14-50(15-12-27)24-37-39(60-5)17-28(18-40(37)61-6)35-23-49(4)43(56)36-25-51(46(59)47-3)16-13-32(35)36/h7-8,17-18,21,23,26-27,29,31,38,42,55H,9-16,19-20,22,24-25H2,1-6H3,(H,47,59)(H,48,54). The minimum atomic E-state index is -1.30. The van der Waals surface area contributed by atoms with Gasteiger partial charge in [0.25, 0.3) is 17.4 Å². The van der Waals surface area contributed by atoms with E-state index in [2.05, 4.69) is 34.3 Å². The van der Waals surface area contributed by atoms with E-state index in [9.17, 15) is 29.1 Å². The molecule has 2 atom stereocenters. The zero-order valence-electron chi connectivity index (χ0n) is 36.6. The van der Waals surface area contributed by atoms with E-state index < -0.39 is 24.1 Å². The number of aliphatic hydroxyl groups is 1. The van der Waals surface area contributed by atoms with Crippen molar-refractivity contribution in [1.29, 1.82) is 0 Å². The number of urea groups is 1. The molecule has 16 heteroatoms. The average Bonchev–Trinajstić information content (AvgIpc) is 3.50. The number of hydrogen-bond donors (Lipinski definition) is 3. The molecule has 5 amide bonds. The highest BCUT2D eigenvalue weighted by atomic mass is 16.5. The lowest BCUT2D eigenvalue weighted by Gasteiger charge is -2.46. The number of carbonyl (C=O) groups excluding carboxylic acids is 4. The van der Waals surface area contributed by atoms with Crippen molar-refractivity contribution in [3.05, 3.63) is 74.7 Å². The molecule has 1 saturated carbocycles. The summed E-state index contributed by atoms with van der Waals surface area (Å²) >= 11 is 0. The molecule has 332 valence electrons. The Hall–Kier alpha value is -5.45. The topological polar surface area (TPSA) is 175 Å². The summed E-state index contributed by atoms with van der Waals surface area (Å²) in [4.78, 5) is 71.7. The van der Waals surface area contributed by atoms with Crippen LogP contribution in [0.1, 0.15) is 89.8 Å². The number of aryl methyl sites for hydroxylation is 1. The van der Waals surface area contributed by atoms with Gasteiger partial charge in [0.1, 0.15) is 29.6 Å². The molecule has 5 heterocycles. The molecule has 1 aliphatic carbocycles. The summed E-state index contributed by atoms with van der Waals surface area (Å²) in [5.74, 6) is 1.30. The van der Waals surface area contributed by atoms with E-state index >= 15 is 0 Å². The van der Waals surface area contributed by atoms with Crippen LogP contribution in [0.25, 0.3) is 11.1 Å². The number of aromatic nitrogens is 1. The smallest absolute Gasteiger partial charge is 0.317 e. The van der Waals surface area contributed by atoms with E-state index in [1.54, 1.807) is 56.0 Å². The number of nitrogens with zero attached hydrogens (tertiary/aromatic N) is 5. The predicted molar refractivity (Wildman–Crippen MR) is 230 cm³/mol. The fourth-order valence-electron chi connectivity index (χ4n) is 10.1. The van der Waals surface area contributed by atoms with E-state index in [0.29, 0.717) is 48.8 Å². The van der Waals surface area contributed by atoms with Gasteiger partial charge in [0.05, 0.1) is 43.5 Å². The number of fused-ring (bicyclic) bond motifs is 2. The van der Waals surface area contributed by atoms with Crippen molar-refractivity contribution in [2.45, 2.75) is 102 Å². The monoisotopic (exact) mass is 853 g/mol. The van der Waals surface area contributed by atoms with Gasteiger partial charge in [-0.25, -0.2) is 4.79 Å². The highest BCUT2D eigenvalue weighted by molar-refractivity contribution is 6.21. The molecule has 0 spiro atoms. The molecule has 2 aromatic carbocycles. The molecule has 3 aromatic rings. The summed E-state index contributed by atoms with van der Waals surface area (Å²) in [7, 11) is 6.70. The van der Waals surface area contributed by atoms with Crippen molar-refractivity contribution in [1.82, 2.24) is 34.8 Å². The van der Waals surface area contributed by atoms with Crippen molar-refractivity contribution >= 4 is 23.8 Å². The van der Waals surface area contributed by atoms with Crippen LogP contribution in [-0.2, 0) is 31.4 Å². The molecule has 62 heavy (non-hydrogen) atoms. The maximum absolute atomic E-state index is 13.4. The minimum absolute atomic E-state index is 0.00480. The largest absolute Gasteiger partial charge is 0.496 e. The second-order valence-electron chi connectivity index (χ2n) is 17.7. The fourth-order valence-corrected chi connectivity index (χ4v) is 10.1. The SMILES string of the molecule is CNC(=O)N1CCc2c(-c3cc(OC)c(CN4CCC(CN(C(C)C)C5CC(Oc6ccc7c(c6)C(=O)N(C6CCC(=O)NC6O)C7=O)C5)CC4)c(OC)c3)cn(C)c(=O)c2C1. The first-order valence-corrected chi connectivity index (χ1v) is 21.9. The lowest BCUT2D eigenvalue weighted by molar-refractivity contribution is -0.129. The van der Waals surface area contributed by atoms with Crippen LogP contribution in [0.3, 0.4) is 0 Å². The summed E-state index contributed by atoms with van der Waals surface area (Å²) in [6.07, 6.45) is 5.36. The Morgan fingerprint density at radius 2 is 1.61 bits per heavy atom. The van der Waals surface area contributed by atoms with Crippen molar-refractivity contribution < 1.29 is 38.5 Å².